The van der Waals surface area contributed by atoms with Gasteiger partial charge in [0.2, 0.25) is 0 Å². The molecule has 1 unspecified atom stereocenters. The fourth-order valence-corrected chi connectivity index (χ4v) is 5.10. The smallest absolute Gasteiger partial charge is 0.407 e. The number of fused-ring (bicyclic) bond motifs is 1. The van der Waals surface area contributed by atoms with Gasteiger partial charge in [-0.1, -0.05) is 6.07 Å². The number of hydrogen-bond donors (Lipinski definition) is 2. The van der Waals surface area contributed by atoms with Crippen LogP contribution in [0, 0.1) is 18.7 Å². The number of aromatic nitrogens is 2. The number of halogens is 1. The van der Waals surface area contributed by atoms with E-state index in [9.17, 15) is 9.59 Å². The Bertz CT molecular complexity index is 1410. The van der Waals surface area contributed by atoms with Crippen LogP contribution in [0.4, 0.5) is 9.18 Å². The molecule has 0 saturated heterocycles. The lowest BCUT2D eigenvalue weighted by Gasteiger charge is -2.46. The third-order valence-corrected chi connectivity index (χ3v) is 8.36. The SMILES string of the molecule is COC(=O)C(CNC(=O)OC(C)(C)C)Cc1ccc(Oc2ccnc3c2c(C)cn3COCC[SH](C)(C)(C)C)c(F)c1. The Kier molecular flexibility index (Phi) is 10.2. The first-order valence-electron chi connectivity index (χ1n) is 13.9. The molecule has 0 aliphatic heterocycles. The molecule has 0 aliphatic carbocycles. The second-order valence-electron chi connectivity index (χ2n) is 13.7. The van der Waals surface area contributed by atoms with Crippen LogP contribution in [0.25, 0.3) is 11.0 Å². The van der Waals surface area contributed by atoms with E-state index < -0.39 is 38.6 Å². The van der Waals surface area contributed by atoms with Crippen LogP contribution in [0.5, 0.6) is 11.5 Å². The lowest BCUT2D eigenvalue weighted by Crippen LogP contribution is -2.38. The normalized spacial score (nSPS) is 13.7. The Morgan fingerprint density at radius 2 is 1.83 bits per heavy atom. The van der Waals surface area contributed by atoms with Crippen molar-refractivity contribution in [1.82, 2.24) is 14.9 Å². The number of benzene rings is 1. The number of nitrogens with zero attached hydrogens (tertiary/aromatic N) is 2. The third-order valence-electron chi connectivity index (χ3n) is 6.39. The minimum atomic E-state index is -1.65. The first-order chi connectivity index (χ1) is 19.4. The summed E-state index contributed by atoms with van der Waals surface area (Å²) in [6.07, 6.45) is 12.4. The third kappa shape index (κ3) is 9.90. The summed E-state index contributed by atoms with van der Waals surface area (Å²) < 4.78 is 39.3. The average molecular weight is 608 g/mol. The van der Waals surface area contributed by atoms with Crippen LogP contribution in [0.1, 0.15) is 31.9 Å². The van der Waals surface area contributed by atoms with Crippen molar-refractivity contribution in [3.05, 3.63) is 53.6 Å². The summed E-state index contributed by atoms with van der Waals surface area (Å²) in [5, 5.41) is 3.36. The van der Waals surface area contributed by atoms with E-state index in [1.165, 1.54) is 19.2 Å². The summed E-state index contributed by atoms with van der Waals surface area (Å²) in [4.78, 5) is 28.9. The van der Waals surface area contributed by atoms with Gasteiger partial charge in [0.15, 0.2) is 11.6 Å². The van der Waals surface area contributed by atoms with Crippen LogP contribution in [0.2, 0.25) is 0 Å². The van der Waals surface area contributed by atoms with E-state index in [2.05, 4.69) is 35.3 Å². The predicted molar refractivity (Wildman–Crippen MR) is 168 cm³/mol. The van der Waals surface area contributed by atoms with E-state index >= 15 is 4.39 Å². The molecule has 2 heterocycles. The van der Waals surface area contributed by atoms with E-state index in [1.54, 1.807) is 39.1 Å². The van der Waals surface area contributed by atoms with E-state index in [4.69, 9.17) is 18.9 Å². The van der Waals surface area contributed by atoms with Crippen molar-refractivity contribution in [3.8, 4) is 11.5 Å². The number of aryl methyl sites for hydroxylation is 1. The predicted octanol–water partition coefficient (Wildman–Crippen LogP) is 5.70. The maximum atomic E-state index is 15.2. The maximum Gasteiger partial charge on any atom is 0.407 e. The number of amides is 1. The molecule has 11 heteroatoms. The Hall–Kier alpha value is -3.31. The van der Waals surface area contributed by atoms with Gasteiger partial charge in [-0.3, -0.25) is 14.0 Å². The van der Waals surface area contributed by atoms with Crippen molar-refractivity contribution >= 4 is 32.3 Å². The zero-order valence-electron chi connectivity index (χ0n) is 26.2. The van der Waals surface area contributed by atoms with Crippen LogP contribution in [0.3, 0.4) is 0 Å². The van der Waals surface area contributed by atoms with Gasteiger partial charge < -0.3 is 28.8 Å². The van der Waals surface area contributed by atoms with Gasteiger partial charge in [-0.05, 0) is 94.2 Å². The van der Waals surface area contributed by atoms with Gasteiger partial charge in [0.05, 0.1) is 25.0 Å². The van der Waals surface area contributed by atoms with Crippen molar-refractivity contribution in [2.75, 3.05) is 51.0 Å². The van der Waals surface area contributed by atoms with E-state index in [0.717, 1.165) is 16.7 Å². The van der Waals surface area contributed by atoms with Crippen LogP contribution in [0.15, 0.2) is 36.7 Å². The molecule has 0 fully saturated rings. The molecule has 1 atom stereocenters. The molecule has 0 aliphatic rings. The van der Waals surface area contributed by atoms with Crippen LogP contribution < -0.4 is 10.1 Å². The van der Waals surface area contributed by atoms with Gasteiger partial charge in [-0.25, -0.2) is 14.2 Å². The number of nitrogens with one attached hydrogen (secondary N) is 1. The number of rotatable bonds is 12. The molecule has 0 radical (unpaired) electrons. The minimum Gasteiger partial charge on any atom is -0.469 e. The Morgan fingerprint density at radius 3 is 2.45 bits per heavy atom. The topological polar surface area (TPSA) is 101 Å². The van der Waals surface area contributed by atoms with Crippen molar-refractivity contribution < 1.29 is 32.9 Å². The molecule has 0 saturated carbocycles. The average Bonchev–Trinajstić information content (AvgIpc) is 3.19. The molecule has 1 N–H and O–H groups in total. The molecule has 1 amide bonds. The number of esters is 1. The summed E-state index contributed by atoms with van der Waals surface area (Å²) in [6, 6.07) is 6.24. The second kappa shape index (κ2) is 12.9. The maximum absolute atomic E-state index is 15.2. The Labute approximate surface area is 248 Å². The van der Waals surface area contributed by atoms with Gasteiger partial charge in [0, 0.05) is 18.9 Å². The van der Waals surface area contributed by atoms with Crippen molar-refractivity contribution in [3.63, 3.8) is 0 Å². The summed E-state index contributed by atoms with van der Waals surface area (Å²) in [5.74, 6) is -0.288. The fourth-order valence-electron chi connectivity index (χ4n) is 4.24. The second-order valence-corrected chi connectivity index (χ2v) is 22.0. The van der Waals surface area contributed by atoms with Gasteiger partial charge in [-0.15, -0.1) is 0 Å². The number of carbonyl (C=O) groups is 2. The zero-order valence-corrected chi connectivity index (χ0v) is 27.1. The lowest BCUT2D eigenvalue weighted by atomic mass is 9.99. The van der Waals surface area contributed by atoms with Crippen LogP contribution >= 0.6 is 9.16 Å². The highest BCUT2D eigenvalue weighted by Gasteiger charge is 2.24. The molecule has 0 spiro atoms. The highest BCUT2D eigenvalue weighted by molar-refractivity contribution is 8.47. The van der Waals surface area contributed by atoms with Crippen molar-refractivity contribution in [1.29, 1.82) is 0 Å². The summed E-state index contributed by atoms with van der Waals surface area (Å²) >= 11 is 0. The molecule has 1 aromatic carbocycles. The molecular formula is C31H46FN3O6S. The molecule has 3 aromatic rings. The fraction of sp³-hybridized carbons (Fsp3) is 0.516. The van der Waals surface area contributed by atoms with Crippen LogP contribution in [-0.4, -0.2) is 78.3 Å². The highest BCUT2D eigenvalue weighted by Crippen LogP contribution is 2.54. The number of hydrogen-bond acceptors (Lipinski definition) is 7. The molecular weight excluding hydrogens is 561 g/mol. The first-order valence-corrected chi connectivity index (χ1v) is 18.2. The highest BCUT2D eigenvalue weighted by atomic mass is 32.3. The summed E-state index contributed by atoms with van der Waals surface area (Å²) in [5.41, 5.74) is 1.50. The lowest BCUT2D eigenvalue weighted by molar-refractivity contribution is -0.145. The minimum absolute atomic E-state index is 0.0206. The number of thiol groups is 1. The number of carbonyl (C=O) groups excluding carboxylic acids is 2. The first kappa shape index (κ1) is 33.2. The quantitative estimate of drug-likeness (QED) is 0.155. The molecule has 9 nitrogen and oxygen atoms in total. The standard InChI is InChI=1S/C31H46FN3O6S/c1-21-19-35(20-39-14-15-42(6,7,8)9)28-27(21)26(12-13-33-28)40-25-11-10-22(17-24(25)32)16-23(29(36)38-5)18-34-30(37)41-31(2,3)4/h10-13,17,19,23,42H,14-16,18,20H2,1-9H3,(H,34,37). The Morgan fingerprint density at radius 1 is 1.12 bits per heavy atom. The van der Waals surface area contributed by atoms with E-state index in [1.807, 2.05) is 17.7 Å². The monoisotopic (exact) mass is 607 g/mol. The van der Waals surface area contributed by atoms with Crippen molar-refractivity contribution in [2.24, 2.45) is 5.92 Å². The van der Waals surface area contributed by atoms with Crippen molar-refractivity contribution in [2.45, 2.75) is 46.4 Å². The molecule has 42 heavy (non-hydrogen) atoms. The number of pyridine rings is 1. The van der Waals surface area contributed by atoms with Gasteiger partial charge >= 0.3 is 12.1 Å². The zero-order chi connectivity index (χ0) is 31.3. The number of ether oxygens (including phenoxy) is 4. The molecule has 2 aromatic heterocycles. The largest absolute Gasteiger partial charge is 0.469 e. The molecule has 234 valence electrons. The van der Waals surface area contributed by atoms with E-state index in [-0.39, 0.29) is 18.7 Å². The number of methoxy groups -OCH3 is 1. The molecule has 0 bridgehead atoms. The summed E-state index contributed by atoms with van der Waals surface area (Å²) in [7, 11) is -0.384. The van der Waals surface area contributed by atoms with Gasteiger partial charge in [0.1, 0.15) is 23.7 Å². The Balaban J connectivity index is 1.72. The number of alkyl carbamates (subject to hydrolysis) is 1. The van der Waals surface area contributed by atoms with Crippen LogP contribution in [-0.2, 0) is 32.2 Å². The summed E-state index contributed by atoms with van der Waals surface area (Å²) in [6.45, 7) is 8.19. The van der Waals surface area contributed by atoms with E-state index in [0.29, 0.717) is 30.3 Å². The van der Waals surface area contributed by atoms with Gasteiger partial charge in [0.25, 0.3) is 0 Å². The van der Waals surface area contributed by atoms with Gasteiger partial charge in [-0.2, -0.15) is 0 Å². The molecule has 3 rings (SSSR count).